The largest absolute Gasteiger partial charge is 0.419 e. The van der Waals surface area contributed by atoms with E-state index < -0.39 is 23.5 Å². The van der Waals surface area contributed by atoms with Gasteiger partial charge in [-0.05, 0) is 42.5 Å². The number of hydrogen-bond donors (Lipinski definition) is 1. The summed E-state index contributed by atoms with van der Waals surface area (Å²) in [7, 11) is 0. The van der Waals surface area contributed by atoms with Gasteiger partial charge in [0.2, 0.25) is 5.91 Å². The average molecular weight is 440 g/mol. The Morgan fingerprint density at radius 1 is 1.27 bits per heavy atom. The summed E-state index contributed by atoms with van der Waals surface area (Å²) in [5, 5.41) is 2.63. The van der Waals surface area contributed by atoms with Gasteiger partial charge in [-0.25, -0.2) is 9.37 Å². The zero-order chi connectivity index (χ0) is 22.1. The molecule has 2 amide bonds. The average Bonchev–Trinajstić information content (AvgIpc) is 3.11. The topological polar surface area (TPSA) is 74.7 Å². The quantitative estimate of drug-likeness (QED) is 0.432. The Morgan fingerprint density at radius 3 is 2.63 bits per heavy atom. The van der Waals surface area contributed by atoms with Gasteiger partial charge in [-0.1, -0.05) is 11.8 Å². The second-order valence-electron chi connectivity index (χ2n) is 6.37. The van der Waals surface area contributed by atoms with Crippen LogP contribution in [0.4, 0.5) is 29.1 Å². The number of aliphatic imine (C=N–C) groups is 1. The highest BCUT2D eigenvalue weighted by atomic mass is 32.2. The third-order valence-corrected chi connectivity index (χ3v) is 4.93. The van der Waals surface area contributed by atoms with Crippen LogP contribution in [0.3, 0.4) is 0 Å². The smallest absolute Gasteiger partial charge is 0.335 e. The number of carbonyl (C=O) groups is 2. The van der Waals surface area contributed by atoms with Gasteiger partial charge in [-0.2, -0.15) is 18.2 Å². The number of hydrogen-bond acceptors (Lipinski definition) is 4. The number of benzene rings is 1. The SMILES string of the molecule is CS/C(=N\C(=O)c1cnc2c(c1)CCN2C(C)=O)Nc1ccc(F)c(C(F)(F)F)c1. The molecule has 1 aromatic carbocycles. The maximum atomic E-state index is 13.4. The van der Waals surface area contributed by atoms with E-state index in [0.717, 1.165) is 23.4 Å². The van der Waals surface area contributed by atoms with Crippen molar-refractivity contribution in [2.75, 3.05) is 23.0 Å². The number of amides is 2. The molecule has 2 aromatic rings. The van der Waals surface area contributed by atoms with Gasteiger partial charge in [-0.15, -0.1) is 0 Å². The minimum atomic E-state index is -4.85. The molecule has 1 aromatic heterocycles. The standard InChI is InChI=1S/C19H16F4N4O2S/c1-10(28)27-6-5-11-7-12(9-24-16(11)27)17(29)26-18(30-2)25-13-3-4-15(20)14(8-13)19(21,22)23/h3-4,7-9H,5-6H2,1-2H3,(H,25,26,29). The molecule has 0 atom stereocenters. The lowest BCUT2D eigenvalue weighted by molar-refractivity contribution is -0.139. The summed E-state index contributed by atoms with van der Waals surface area (Å²) in [6.45, 7) is 1.90. The molecular weight excluding hydrogens is 424 g/mol. The van der Waals surface area contributed by atoms with Crippen LogP contribution in [0, 0.1) is 5.82 Å². The lowest BCUT2D eigenvalue weighted by Gasteiger charge is -2.13. The van der Waals surface area contributed by atoms with Gasteiger partial charge in [0.25, 0.3) is 5.91 Å². The minimum Gasteiger partial charge on any atom is -0.335 e. The number of alkyl halides is 3. The molecule has 0 spiro atoms. The molecule has 1 aliphatic rings. The summed E-state index contributed by atoms with van der Waals surface area (Å²) >= 11 is 1.00. The third kappa shape index (κ3) is 4.61. The van der Waals surface area contributed by atoms with Crippen LogP contribution in [0.1, 0.15) is 28.4 Å². The molecule has 30 heavy (non-hydrogen) atoms. The molecule has 1 N–H and O–H groups in total. The van der Waals surface area contributed by atoms with E-state index in [1.807, 2.05) is 0 Å². The van der Waals surface area contributed by atoms with Gasteiger partial charge < -0.3 is 5.32 Å². The third-order valence-electron chi connectivity index (χ3n) is 4.35. The van der Waals surface area contributed by atoms with Crippen LogP contribution in [0.2, 0.25) is 0 Å². The highest BCUT2D eigenvalue weighted by molar-refractivity contribution is 8.13. The number of pyridine rings is 1. The van der Waals surface area contributed by atoms with Crippen LogP contribution in [0.15, 0.2) is 35.5 Å². The number of anilines is 2. The number of thioether (sulfide) groups is 1. The normalized spacial score (nSPS) is 13.9. The second kappa shape index (κ2) is 8.42. The van der Waals surface area contributed by atoms with Crippen LogP contribution < -0.4 is 10.2 Å². The van der Waals surface area contributed by atoms with E-state index in [1.54, 1.807) is 12.3 Å². The highest BCUT2D eigenvalue weighted by Crippen LogP contribution is 2.33. The molecule has 0 saturated heterocycles. The summed E-state index contributed by atoms with van der Waals surface area (Å²) in [6.07, 6.45) is -1.42. The molecule has 11 heteroatoms. The molecule has 0 fully saturated rings. The van der Waals surface area contributed by atoms with Crippen molar-refractivity contribution >= 4 is 40.2 Å². The van der Waals surface area contributed by atoms with Crippen molar-refractivity contribution in [2.45, 2.75) is 19.5 Å². The monoisotopic (exact) mass is 440 g/mol. The first-order chi connectivity index (χ1) is 14.1. The lowest BCUT2D eigenvalue weighted by atomic mass is 10.1. The Hall–Kier alpha value is -2.95. The van der Waals surface area contributed by atoms with Gasteiger partial charge in [0.05, 0.1) is 11.1 Å². The number of nitrogens with one attached hydrogen (secondary N) is 1. The molecular formula is C19H16F4N4O2S. The van der Waals surface area contributed by atoms with Crippen molar-refractivity contribution < 1.29 is 27.2 Å². The van der Waals surface area contributed by atoms with Gasteiger partial charge in [0, 0.05) is 25.4 Å². The Balaban J connectivity index is 1.82. The van der Waals surface area contributed by atoms with Gasteiger partial charge in [0.15, 0.2) is 5.17 Å². The van der Waals surface area contributed by atoms with E-state index in [1.165, 1.54) is 18.0 Å². The molecule has 2 heterocycles. The Labute approximate surface area is 173 Å². The second-order valence-corrected chi connectivity index (χ2v) is 7.17. The van der Waals surface area contributed by atoms with Crippen LogP contribution in [-0.2, 0) is 17.4 Å². The molecule has 0 unspecified atom stereocenters. The minimum absolute atomic E-state index is 0.0330. The lowest BCUT2D eigenvalue weighted by Crippen LogP contribution is -2.26. The molecule has 0 saturated carbocycles. The summed E-state index contributed by atoms with van der Waals surface area (Å²) in [5.74, 6) is -1.70. The zero-order valence-corrected chi connectivity index (χ0v) is 16.7. The Morgan fingerprint density at radius 2 is 2.00 bits per heavy atom. The summed E-state index contributed by atoms with van der Waals surface area (Å²) in [5.41, 5.74) is -0.563. The number of halogens is 4. The molecule has 3 rings (SSSR count). The first kappa shape index (κ1) is 21.8. The number of nitrogens with zero attached hydrogens (tertiary/aromatic N) is 3. The van der Waals surface area contributed by atoms with Crippen molar-refractivity contribution in [3.8, 4) is 0 Å². The summed E-state index contributed by atoms with van der Waals surface area (Å²) in [6, 6.07) is 4.01. The molecule has 158 valence electrons. The van der Waals surface area contributed by atoms with E-state index in [-0.39, 0.29) is 22.3 Å². The van der Waals surface area contributed by atoms with Crippen LogP contribution in [-0.4, -0.2) is 34.8 Å². The maximum absolute atomic E-state index is 13.4. The van der Waals surface area contributed by atoms with Gasteiger partial charge in [0.1, 0.15) is 11.6 Å². The molecule has 1 aliphatic heterocycles. The first-order valence-corrected chi connectivity index (χ1v) is 9.90. The Kier molecular flexibility index (Phi) is 6.11. The molecule has 0 bridgehead atoms. The van der Waals surface area contributed by atoms with E-state index >= 15 is 0 Å². The zero-order valence-electron chi connectivity index (χ0n) is 15.9. The molecule has 0 radical (unpaired) electrons. The van der Waals surface area contributed by atoms with Crippen molar-refractivity contribution in [1.29, 1.82) is 0 Å². The van der Waals surface area contributed by atoms with Crippen LogP contribution in [0.25, 0.3) is 0 Å². The fourth-order valence-electron chi connectivity index (χ4n) is 2.92. The van der Waals surface area contributed by atoms with Crippen molar-refractivity contribution in [3.05, 3.63) is 53.0 Å². The predicted molar refractivity (Wildman–Crippen MR) is 106 cm³/mol. The van der Waals surface area contributed by atoms with Gasteiger partial charge in [-0.3, -0.25) is 14.5 Å². The number of amidine groups is 1. The number of fused-ring (bicyclic) bond motifs is 1. The molecule has 6 nitrogen and oxygen atoms in total. The highest BCUT2D eigenvalue weighted by Gasteiger charge is 2.34. The van der Waals surface area contributed by atoms with E-state index in [0.29, 0.717) is 30.9 Å². The van der Waals surface area contributed by atoms with Crippen LogP contribution in [0.5, 0.6) is 0 Å². The maximum Gasteiger partial charge on any atom is 0.419 e. The number of aromatic nitrogens is 1. The number of rotatable bonds is 2. The van der Waals surface area contributed by atoms with E-state index in [2.05, 4.69) is 15.3 Å². The van der Waals surface area contributed by atoms with Crippen LogP contribution >= 0.6 is 11.8 Å². The van der Waals surface area contributed by atoms with Crippen molar-refractivity contribution in [2.24, 2.45) is 4.99 Å². The Bertz CT molecular complexity index is 1040. The first-order valence-electron chi connectivity index (χ1n) is 8.68. The summed E-state index contributed by atoms with van der Waals surface area (Å²) < 4.78 is 52.1. The molecule has 0 aliphatic carbocycles. The number of carbonyl (C=O) groups excluding carboxylic acids is 2. The van der Waals surface area contributed by atoms with Gasteiger partial charge >= 0.3 is 6.18 Å². The fraction of sp³-hybridized carbons (Fsp3) is 0.263. The van der Waals surface area contributed by atoms with Crippen molar-refractivity contribution in [3.63, 3.8) is 0 Å². The summed E-state index contributed by atoms with van der Waals surface area (Å²) in [4.78, 5) is 33.6. The van der Waals surface area contributed by atoms with Crippen molar-refractivity contribution in [1.82, 2.24) is 4.98 Å². The fourth-order valence-corrected chi connectivity index (χ4v) is 3.31. The predicted octanol–water partition coefficient (Wildman–Crippen LogP) is 4.12. The van der Waals surface area contributed by atoms with E-state index in [4.69, 9.17) is 0 Å². The van der Waals surface area contributed by atoms with E-state index in [9.17, 15) is 27.2 Å².